The van der Waals surface area contributed by atoms with Gasteiger partial charge in [-0.3, -0.25) is 4.99 Å². The van der Waals surface area contributed by atoms with E-state index in [9.17, 15) is 0 Å². The summed E-state index contributed by atoms with van der Waals surface area (Å²) in [4.78, 5) is 8.95. The number of rotatable bonds is 3. The SMILES string of the molecule is CN1CCCCN=C1NCCN1CCNC1=S.I. The number of hydrogen-bond donors (Lipinski definition) is 2. The van der Waals surface area contributed by atoms with E-state index >= 15 is 0 Å². The molecule has 0 radical (unpaired) electrons. The maximum Gasteiger partial charge on any atom is 0.193 e. The third kappa shape index (κ3) is 4.42. The van der Waals surface area contributed by atoms with Gasteiger partial charge in [0.25, 0.3) is 0 Å². The molecule has 0 aliphatic carbocycles. The second-order valence-electron chi connectivity index (χ2n) is 4.48. The van der Waals surface area contributed by atoms with Crippen molar-refractivity contribution in [3.63, 3.8) is 0 Å². The van der Waals surface area contributed by atoms with Crippen LogP contribution in [0.25, 0.3) is 0 Å². The van der Waals surface area contributed by atoms with Crippen LogP contribution in [-0.2, 0) is 0 Å². The molecule has 0 amide bonds. The van der Waals surface area contributed by atoms with Crippen molar-refractivity contribution in [2.24, 2.45) is 4.99 Å². The summed E-state index contributed by atoms with van der Waals surface area (Å²) in [5, 5.41) is 7.45. The van der Waals surface area contributed by atoms with Crippen LogP contribution in [0, 0.1) is 0 Å². The Morgan fingerprint density at radius 1 is 1.39 bits per heavy atom. The van der Waals surface area contributed by atoms with Gasteiger partial charge >= 0.3 is 0 Å². The Bertz CT molecular complexity index is 310. The maximum absolute atomic E-state index is 5.20. The van der Waals surface area contributed by atoms with Gasteiger partial charge in [-0.15, -0.1) is 24.0 Å². The molecule has 2 rings (SSSR count). The van der Waals surface area contributed by atoms with Crippen LogP contribution in [0.1, 0.15) is 12.8 Å². The summed E-state index contributed by atoms with van der Waals surface area (Å²) in [6, 6.07) is 0. The van der Waals surface area contributed by atoms with Gasteiger partial charge in [-0.1, -0.05) is 0 Å². The highest BCUT2D eigenvalue weighted by Gasteiger charge is 2.15. The summed E-state index contributed by atoms with van der Waals surface area (Å²) in [5.41, 5.74) is 0. The quantitative estimate of drug-likeness (QED) is 0.548. The summed E-state index contributed by atoms with van der Waals surface area (Å²) < 4.78 is 0. The Labute approximate surface area is 131 Å². The molecule has 5 nitrogen and oxygen atoms in total. The van der Waals surface area contributed by atoms with E-state index in [1.165, 1.54) is 12.8 Å². The van der Waals surface area contributed by atoms with Crippen LogP contribution in [-0.4, -0.2) is 67.2 Å². The van der Waals surface area contributed by atoms with Crippen molar-refractivity contribution in [2.75, 3.05) is 46.3 Å². The summed E-state index contributed by atoms with van der Waals surface area (Å²) in [7, 11) is 2.10. The minimum atomic E-state index is 0. The van der Waals surface area contributed by atoms with Gasteiger partial charge in [0.2, 0.25) is 0 Å². The Kier molecular flexibility index (Phi) is 6.98. The molecule has 2 aliphatic rings. The average Bonchev–Trinajstić information content (AvgIpc) is 2.60. The van der Waals surface area contributed by atoms with E-state index in [0.29, 0.717) is 0 Å². The van der Waals surface area contributed by atoms with Gasteiger partial charge in [-0.2, -0.15) is 0 Å². The molecule has 0 spiro atoms. The zero-order chi connectivity index (χ0) is 12.1. The van der Waals surface area contributed by atoms with Crippen molar-refractivity contribution in [1.82, 2.24) is 20.4 Å². The lowest BCUT2D eigenvalue weighted by Crippen LogP contribution is -2.43. The lowest BCUT2D eigenvalue weighted by Gasteiger charge is -2.22. The summed E-state index contributed by atoms with van der Waals surface area (Å²) in [5.74, 6) is 1.03. The first-order valence-corrected chi connectivity index (χ1v) is 6.70. The van der Waals surface area contributed by atoms with Crippen LogP contribution in [0.5, 0.6) is 0 Å². The number of nitrogens with zero attached hydrogens (tertiary/aromatic N) is 3. The van der Waals surface area contributed by atoms with Crippen molar-refractivity contribution in [3.8, 4) is 0 Å². The molecule has 0 unspecified atom stereocenters. The van der Waals surface area contributed by atoms with Gasteiger partial charge in [-0.25, -0.2) is 0 Å². The number of thiocarbonyl (C=S) groups is 1. The standard InChI is InChI=1S/C11H21N5S.HI/c1-15-7-3-2-4-12-10(15)13-5-8-16-9-6-14-11(16)17;/h2-9H2,1H3,(H,12,13)(H,14,17);1H. The second-order valence-corrected chi connectivity index (χ2v) is 4.87. The van der Waals surface area contributed by atoms with Gasteiger partial charge < -0.3 is 20.4 Å². The third-order valence-electron chi connectivity index (χ3n) is 3.13. The van der Waals surface area contributed by atoms with Crippen LogP contribution in [0.2, 0.25) is 0 Å². The highest BCUT2D eigenvalue weighted by molar-refractivity contribution is 14.0. The van der Waals surface area contributed by atoms with Gasteiger partial charge in [0.1, 0.15) is 0 Å². The van der Waals surface area contributed by atoms with Crippen molar-refractivity contribution in [1.29, 1.82) is 0 Å². The Morgan fingerprint density at radius 3 is 2.94 bits per heavy atom. The number of hydrogen-bond acceptors (Lipinski definition) is 4. The average molecular weight is 383 g/mol. The maximum atomic E-state index is 5.20. The minimum absolute atomic E-state index is 0. The zero-order valence-electron chi connectivity index (χ0n) is 10.8. The molecule has 0 aromatic carbocycles. The monoisotopic (exact) mass is 383 g/mol. The minimum Gasteiger partial charge on any atom is -0.361 e. The Morgan fingerprint density at radius 2 is 2.22 bits per heavy atom. The van der Waals surface area contributed by atoms with E-state index < -0.39 is 0 Å². The predicted molar refractivity (Wildman–Crippen MR) is 89.8 cm³/mol. The fourth-order valence-electron chi connectivity index (χ4n) is 2.09. The summed E-state index contributed by atoms with van der Waals surface area (Å²) in [6.07, 6.45) is 2.42. The molecule has 2 aliphatic heterocycles. The largest absolute Gasteiger partial charge is 0.361 e. The highest BCUT2D eigenvalue weighted by atomic mass is 127. The zero-order valence-corrected chi connectivity index (χ0v) is 14.0. The van der Waals surface area contributed by atoms with E-state index in [4.69, 9.17) is 12.2 Å². The first kappa shape index (κ1) is 15.7. The molecule has 0 bridgehead atoms. The van der Waals surface area contributed by atoms with Gasteiger partial charge in [0.15, 0.2) is 11.1 Å². The Balaban J connectivity index is 0.00000162. The summed E-state index contributed by atoms with van der Waals surface area (Å²) in [6.45, 7) is 5.86. The smallest absolute Gasteiger partial charge is 0.193 e. The van der Waals surface area contributed by atoms with Gasteiger partial charge in [0, 0.05) is 46.3 Å². The van der Waals surface area contributed by atoms with E-state index in [2.05, 4.69) is 32.5 Å². The van der Waals surface area contributed by atoms with Crippen LogP contribution in [0.4, 0.5) is 0 Å². The predicted octanol–water partition coefficient (Wildman–Crippen LogP) is 0.466. The number of aliphatic imine (C=N–C) groups is 1. The molecule has 0 aromatic heterocycles. The van der Waals surface area contributed by atoms with Crippen LogP contribution in [0.15, 0.2) is 4.99 Å². The van der Waals surface area contributed by atoms with Crippen LogP contribution < -0.4 is 10.6 Å². The molecule has 18 heavy (non-hydrogen) atoms. The molecule has 0 saturated carbocycles. The van der Waals surface area contributed by atoms with E-state index in [1.807, 2.05) is 0 Å². The van der Waals surface area contributed by atoms with Crippen LogP contribution >= 0.6 is 36.2 Å². The molecule has 0 atom stereocenters. The van der Waals surface area contributed by atoms with Gasteiger partial charge in [-0.05, 0) is 25.1 Å². The first-order chi connectivity index (χ1) is 8.27. The first-order valence-electron chi connectivity index (χ1n) is 6.29. The topological polar surface area (TPSA) is 42.9 Å². The molecule has 0 aromatic rings. The molecular formula is C11H22IN5S. The number of nitrogens with one attached hydrogen (secondary N) is 2. The number of guanidine groups is 1. The van der Waals surface area contributed by atoms with E-state index in [0.717, 1.165) is 50.3 Å². The van der Waals surface area contributed by atoms with E-state index in [-0.39, 0.29) is 24.0 Å². The van der Waals surface area contributed by atoms with Crippen molar-refractivity contribution in [2.45, 2.75) is 12.8 Å². The fourth-order valence-corrected chi connectivity index (χ4v) is 2.37. The van der Waals surface area contributed by atoms with Crippen molar-refractivity contribution < 1.29 is 0 Å². The lowest BCUT2D eigenvalue weighted by atomic mass is 10.3. The molecule has 2 N–H and O–H groups in total. The number of halogens is 1. The summed E-state index contributed by atoms with van der Waals surface area (Å²) >= 11 is 5.20. The van der Waals surface area contributed by atoms with Crippen molar-refractivity contribution >= 4 is 47.3 Å². The molecule has 1 fully saturated rings. The van der Waals surface area contributed by atoms with Gasteiger partial charge in [0.05, 0.1) is 0 Å². The highest BCUT2D eigenvalue weighted by Crippen LogP contribution is 2.00. The molecule has 7 heteroatoms. The fraction of sp³-hybridized carbons (Fsp3) is 0.818. The Hall–Kier alpha value is -0.310. The molecular weight excluding hydrogens is 361 g/mol. The normalized spacial score (nSPS) is 19.8. The lowest BCUT2D eigenvalue weighted by molar-refractivity contribution is 0.448. The van der Waals surface area contributed by atoms with E-state index in [1.54, 1.807) is 0 Å². The molecule has 2 heterocycles. The third-order valence-corrected chi connectivity index (χ3v) is 3.54. The molecule has 1 saturated heterocycles. The van der Waals surface area contributed by atoms with Crippen molar-refractivity contribution in [3.05, 3.63) is 0 Å². The second kappa shape index (κ2) is 7.98. The van der Waals surface area contributed by atoms with Crippen LogP contribution in [0.3, 0.4) is 0 Å². The molecule has 104 valence electrons.